The van der Waals surface area contributed by atoms with Crippen molar-refractivity contribution in [2.75, 3.05) is 6.67 Å². The Labute approximate surface area is 84.0 Å². The summed E-state index contributed by atoms with van der Waals surface area (Å²) in [5, 5.41) is 0. The molecule has 1 saturated carbocycles. The highest BCUT2D eigenvalue weighted by Gasteiger charge is 2.35. The van der Waals surface area contributed by atoms with E-state index in [4.69, 9.17) is 11.5 Å². The third kappa shape index (κ3) is 2.51. The van der Waals surface area contributed by atoms with E-state index in [9.17, 15) is 9.18 Å². The molecule has 14 heavy (non-hydrogen) atoms. The number of hydrogen-bond donors (Lipinski definition) is 2. The molecule has 3 unspecified atom stereocenters. The van der Waals surface area contributed by atoms with E-state index in [1.54, 1.807) is 6.92 Å². The van der Waals surface area contributed by atoms with Gasteiger partial charge in [-0.1, -0.05) is 0 Å². The van der Waals surface area contributed by atoms with Gasteiger partial charge in [0, 0.05) is 18.0 Å². The molecule has 0 spiro atoms. The van der Waals surface area contributed by atoms with Crippen LogP contribution in [0.4, 0.5) is 4.39 Å². The van der Waals surface area contributed by atoms with E-state index in [2.05, 4.69) is 0 Å². The molecule has 1 rings (SSSR count). The Morgan fingerprint density at radius 3 is 2.71 bits per heavy atom. The Bertz CT molecular complexity index is 210. The van der Waals surface area contributed by atoms with Gasteiger partial charge in [-0.15, -0.1) is 0 Å². The molecule has 3 nitrogen and oxygen atoms in total. The number of Topliss-reactive ketones (excluding diaryl/α,β-unsaturated/α-hetero) is 1. The van der Waals surface area contributed by atoms with Gasteiger partial charge in [0.25, 0.3) is 0 Å². The first-order valence-corrected chi connectivity index (χ1v) is 5.13. The average Bonchev–Trinajstić information content (AvgIpc) is 2.16. The maximum atomic E-state index is 12.4. The Morgan fingerprint density at radius 1 is 1.57 bits per heavy atom. The van der Waals surface area contributed by atoms with Crippen molar-refractivity contribution in [3.63, 3.8) is 0 Å². The molecule has 0 saturated heterocycles. The summed E-state index contributed by atoms with van der Waals surface area (Å²) in [5.74, 6) is -0.0594. The Balaban J connectivity index is 2.67. The van der Waals surface area contributed by atoms with Gasteiger partial charge in [-0.05, 0) is 32.1 Å². The minimum absolute atomic E-state index is 0.0164. The zero-order valence-corrected chi connectivity index (χ0v) is 8.58. The van der Waals surface area contributed by atoms with Gasteiger partial charge in [0.05, 0.1) is 0 Å². The van der Waals surface area contributed by atoms with Crippen LogP contribution in [0.25, 0.3) is 0 Å². The van der Waals surface area contributed by atoms with Crippen LogP contribution in [-0.2, 0) is 4.79 Å². The number of hydrogen-bond acceptors (Lipinski definition) is 3. The molecule has 0 aromatic carbocycles. The smallest absolute Gasteiger partial charge is 0.133 e. The largest absolute Gasteiger partial charge is 0.328 e. The van der Waals surface area contributed by atoms with Crippen LogP contribution in [0, 0.1) is 11.8 Å². The van der Waals surface area contributed by atoms with Crippen LogP contribution in [0.15, 0.2) is 0 Å². The summed E-state index contributed by atoms with van der Waals surface area (Å²) in [6.07, 6.45) is 2.28. The van der Waals surface area contributed by atoms with Crippen LogP contribution in [0.2, 0.25) is 0 Å². The number of carbonyl (C=O) groups excluding carboxylic acids is 1. The van der Waals surface area contributed by atoms with Crippen molar-refractivity contribution in [1.82, 2.24) is 0 Å². The predicted molar refractivity (Wildman–Crippen MR) is 53.4 cm³/mol. The van der Waals surface area contributed by atoms with Crippen LogP contribution in [-0.4, -0.2) is 24.5 Å². The first-order valence-electron chi connectivity index (χ1n) is 5.13. The maximum absolute atomic E-state index is 12.4. The van der Waals surface area contributed by atoms with Gasteiger partial charge >= 0.3 is 0 Å². The fraction of sp³-hybridized carbons (Fsp3) is 0.900. The molecule has 82 valence electrons. The molecule has 1 fully saturated rings. The zero-order chi connectivity index (χ0) is 10.7. The lowest BCUT2D eigenvalue weighted by molar-refractivity contribution is -0.124. The van der Waals surface area contributed by atoms with Crippen LogP contribution in [0.3, 0.4) is 0 Å². The molecule has 1 aliphatic rings. The first kappa shape index (κ1) is 11.6. The average molecular weight is 202 g/mol. The lowest BCUT2D eigenvalue weighted by Gasteiger charge is -2.35. The van der Waals surface area contributed by atoms with Crippen molar-refractivity contribution in [2.24, 2.45) is 23.3 Å². The maximum Gasteiger partial charge on any atom is 0.133 e. The van der Waals surface area contributed by atoms with Crippen molar-refractivity contribution in [1.29, 1.82) is 0 Å². The van der Waals surface area contributed by atoms with Gasteiger partial charge in [0.1, 0.15) is 12.5 Å². The Morgan fingerprint density at radius 2 is 2.21 bits per heavy atom. The summed E-state index contributed by atoms with van der Waals surface area (Å²) in [6, 6.07) is -0.427. The van der Waals surface area contributed by atoms with Crippen molar-refractivity contribution < 1.29 is 9.18 Å². The molecule has 0 bridgehead atoms. The monoisotopic (exact) mass is 202 g/mol. The highest BCUT2D eigenvalue weighted by Crippen LogP contribution is 2.32. The van der Waals surface area contributed by atoms with E-state index in [0.717, 1.165) is 12.8 Å². The minimum atomic E-state index is -0.552. The highest BCUT2D eigenvalue weighted by molar-refractivity contribution is 5.78. The fourth-order valence-corrected chi connectivity index (χ4v) is 2.32. The third-order valence-corrected chi connectivity index (χ3v) is 3.19. The van der Waals surface area contributed by atoms with E-state index in [1.165, 1.54) is 0 Å². The molecular weight excluding hydrogens is 183 g/mol. The standard InChI is InChI=1S/C10H19FN2O/c1-6(14)9-4-7(12)2-3-8(9)10(13)5-11/h7-10H,2-5,12-13H2,1H3/t7?,8-,9?,10?/m1/s1. The molecule has 4 atom stereocenters. The molecule has 0 aromatic rings. The lowest BCUT2D eigenvalue weighted by Crippen LogP contribution is -2.45. The lowest BCUT2D eigenvalue weighted by atomic mass is 9.72. The number of halogens is 1. The second-order valence-electron chi connectivity index (χ2n) is 4.27. The molecule has 0 amide bonds. The van der Waals surface area contributed by atoms with E-state index < -0.39 is 12.7 Å². The summed E-state index contributed by atoms with van der Waals surface area (Å²) in [4.78, 5) is 11.3. The van der Waals surface area contributed by atoms with Gasteiger partial charge in [-0.3, -0.25) is 4.79 Å². The minimum Gasteiger partial charge on any atom is -0.328 e. The quantitative estimate of drug-likeness (QED) is 0.704. The number of carbonyl (C=O) groups is 1. The summed E-state index contributed by atoms with van der Waals surface area (Å²) >= 11 is 0. The topological polar surface area (TPSA) is 69.1 Å². The molecule has 0 aromatic heterocycles. The second-order valence-corrected chi connectivity index (χ2v) is 4.27. The van der Waals surface area contributed by atoms with Gasteiger partial charge in [-0.25, -0.2) is 4.39 Å². The van der Waals surface area contributed by atoms with E-state index in [0.29, 0.717) is 6.42 Å². The molecule has 0 aliphatic heterocycles. The summed E-state index contributed by atoms with van der Waals surface area (Å²) < 4.78 is 12.4. The Hall–Kier alpha value is -0.480. The Kier molecular flexibility index (Phi) is 4.01. The number of ketones is 1. The first-order chi connectivity index (χ1) is 6.56. The van der Waals surface area contributed by atoms with E-state index in [-0.39, 0.29) is 23.7 Å². The zero-order valence-electron chi connectivity index (χ0n) is 8.58. The normalized spacial score (nSPS) is 35.3. The molecular formula is C10H19FN2O. The number of alkyl halides is 1. The van der Waals surface area contributed by atoms with Crippen molar-refractivity contribution in [3.05, 3.63) is 0 Å². The van der Waals surface area contributed by atoms with E-state index >= 15 is 0 Å². The predicted octanol–water partition coefficient (Wildman–Crippen LogP) is 0.616. The van der Waals surface area contributed by atoms with Crippen molar-refractivity contribution in [3.8, 4) is 0 Å². The molecule has 0 radical (unpaired) electrons. The molecule has 0 heterocycles. The number of nitrogens with two attached hydrogens (primary N) is 2. The van der Waals surface area contributed by atoms with Gasteiger partial charge in [0.15, 0.2) is 0 Å². The van der Waals surface area contributed by atoms with Crippen LogP contribution in [0.1, 0.15) is 26.2 Å². The molecule has 4 heteroatoms. The molecule has 4 N–H and O–H groups in total. The van der Waals surface area contributed by atoms with Gasteiger partial charge in [0.2, 0.25) is 0 Å². The number of rotatable bonds is 3. The molecule has 1 aliphatic carbocycles. The van der Waals surface area contributed by atoms with Gasteiger partial charge in [-0.2, -0.15) is 0 Å². The summed E-state index contributed by atoms with van der Waals surface area (Å²) in [6.45, 7) is 0.990. The van der Waals surface area contributed by atoms with Crippen LogP contribution in [0.5, 0.6) is 0 Å². The van der Waals surface area contributed by atoms with Gasteiger partial charge < -0.3 is 11.5 Å². The van der Waals surface area contributed by atoms with Crippen molar-refractivity contribution in [2.45, 2.75) is 38.3 Å². The second kappa shape index (κ2) is 4.84. The van der Waals surface area contributed by atoms with E-state index in [1.807, 2.05) is 0 Å². The van der Waals surface area contributed by atoms with Crippen LogP contribution < -0.4 is 11.5 Å². The van der Waals surface area contributed by atoms with Crippen molar-refractivity contribution >= 4 is 5.78 Å². The summed E-state index contributed by atoms with van der Waals surface area (Å²) in [5.41, 5.74) is 11.4. The SMILES string of the molecule is CC(=O)C1CC(N)CC[C@H]1C(N)CF. The summed E-state index contributed by atoms with van der Waals surface area (Å²) in [7, 11) is 0. The van der Waals surface area contributed by atoms with Crippen LogP contribution >= 0.6 is 0 Å². The fourth-order valence-electron chi connectivity index (χ4n) is 2.32. The third-order valence-electron chi connectivity index (χ3n) is 3.19. The highest BCUT2D eigenvalue weighted by atomic mass is 19.1.